The van der Waals surface area contributed by atoms with Crippen molar-refractivity contribution in [1.82, 2.24) is 16.0 Å². The molecule has 7 N–H and O–H groups in total. The number of rotatable bonds is 34. The zero-order chi connectivity index (χ0) is 35.0. The summed E-state index contributed by atoms with van der Waals surface area (Å²) in [5.74, 6) is -2.83. The number of amides is 3. The Balaban J connectivity index is 3.71. The van der Waals surface area contributed by atoms with E-state index in [-0.39, 0.29) is 76.4 Å². The molecule has 2 atom stereocenters. The third kappa shape index (κ3) is 31.3. The van der Waals surface area contributed by atoms with Crippen molar-refractivity contribution in [3.05, 3.63) is 0 Å². The first-order chi connectivity index (χ1) is 22.6. The summed E-state index contributed by atoms with van der Waals surface area (Å²) in [7, 11) is 0. The summed E-state index contributed by atoms with van der Waals surface area (Å²) in [6.07, 6.45) is 16.5. The van der Waals surface area contributed by atoms with Crippen molar-refractivity contribution in [2.24, 2.45) is 5.73 Å². The Bertz CT molecular complexity index is 874. The van der Waals surface area contributed by atoms with Gasteiger partial charge in [0, 0.05) is 32.4 Å². The zero-order valence-corrected chi connectivity index (χ0v) is 28.1. The van der Waals surface area contributed by atoms with Crippen molar-refractivity contribution in [3.63, 3.8) is 0 Å². The van der Waals surface area contributed by atoms with Crippen LogP contribution in [0, 0.1) is 0 Å². The van der Waals surface area contributed by atoms with Crippen molar-refractivity contribution in [2.75, 3.05) is 39.5 Å². The van der Waals surface area contributed by atoms with Gasteiger partial charge in [-0.25, -0.2) is 4.79 Å². The van der Waals surface area contributed by atoms with Crippen molar-refractivity contribution in [3.8, 4) is 0 Å². The maximum atomic E-state index is 12.2. The lowest BCUT2D eigenvalue weighted by atomic mass is 10.0. The van der Waals surface area contributed by atoms with Gasteiger partial charge in [-0.05, 0) is 38.5 Å². The predicted octanol–water partition coefficient (Wildman–Crippen LogP) is 2.75. The van der Waals surface area contributed by atoms with Gasteiger partial charge in [0.05, 0.1) is 25.9 Å². The smallest absolute Gasteiger partial charge is 0.326 e. The topological polar surface area (TPSA) is 223 Å². The highest BCUT2D eigenvalue weighted by molar-refractivity contribution is 5.84. The van der Waals surface area contributed by atoms with E-state index in [2.05, 4.69) is 16.0 Å². The second-order valence-corrected chi connectivity index (χ2v) is 11.7. The molecule has 0 heterocycles. The van der Waals surface area contributed by atoms with Crippen LogP contribution in [0.25, 0.3) is 0 Å². The van der Waals surface area contributed by atoms with E-state index in [1.54, 1.807) is 6.29 Å². The molecule has 14 heteroatoms. The summed E-state index contributed by atoms with van der Waals surface area (Å²) in [6.45, 7) is 1.24. The van der Waals surface area contributed by atoms with Gasteiger partial charge in [0.2, 0.25) is 24.0 Å². The fourth-order valence-corrected chi connectivity index (χ4v) is 4.69. The maximum Gasteiger partial charge on any atom is 0.326 e. The van der Waals surface area contributed by atoms with Gasteiger partial charge in [-0.2, -0.15) is 0 Å². The molecule has 0 saturated heterocycles. The van der Waals surface area contributed by atoms with E-state index in [1.807, 2.05) is 0 Å². The lowest BCUT2D eigenvalue weighted by molar-refractivity contribution is -0.142. The molecule has 0 aromatic rings. The monoisotopic (exact) mass is 671 g/mol. The Morgan fingerprint density at radius 3 is 1.72 bits per heavy atom. The van der Waals surface area contributed by atoms with Crippen LogP contribution in [0.2, 0.25) is 0 Å². The van der Waals surface area contributed by atoms with Crippen molar-refractivity contribution in [2.45, 2.75) is 134 Å². The van der Waals surface area contributed by atoms with Gasteiger partial charge in [-0.1, -0.05) is 64.2 Å². The van der Waals surface area contributed by atoms with Gasteiger partial charge < -0.3 is 41.4 Å². The van der Waals surface area contributed by atoms with E-state index < -0.39 is 24.0 Å². The van der Waals surface area contributed by atoms with Crippen LogP contribution in [-0.4, -0.2) is 97.8 Å². The van der Waals surface area contributed by atoms with Crippen LogP contribution >= 0.6 is 0 Å². The number of carboxylic acid groups (broad SMARTS) is 2. The van der Waals surface area contributed by atoms with Crippen LogP contribution in [0.15, 0.2) is 0 Å². The Morgan fingerprint density at radius 2 is 1.15 bits per heavy atom. The molecule has 47 heavy (non-hydrogen) atoms. The van der Waals surface area contributed by atoms with E-state index >= 15 is 0 Å². The molecular weight excluding hydrogens is 612 g/mol. The first kappa shape index (κ1) is 43.9. The lowest BCUT2D eigenvalue weighted by Gasteiger charge is -2.14. The highest BCUT2D eigenvalue weighted by atomic mass is 16.5. The molecule has 0 aliphatic heterocycles. The fourth-order valence-electron chi connectivity index (χ4n) is 4.69. The summed E-state index contributed by atoms with van der Waals surface area (Å²) in [5.41, 5.74) is 5.44. The number of nitrogens with one attached hydrogen (secondary N) is 3. The first-order valence-corrected chi connectivity index (χ1v) is 17.2. The highest BCUT2D eigenvalue weighted by Gasteiger charge is 2.20. The number of aliphatic carboxylic acids is 2. The molecule has 0 saturated carbocycles. The second kappa shape index (κ2) is 31.5. The Morgan fingerprint density at radius 1 is 0.596 bits per heavy atom. The normalized spacial score (nSPS) is 12.2. The van der Waals surface area contributed by atoms with Crippen LogP contribution in [-0.2, 0) is 38.2 Å². The largest absolute Gasteiger partial charge is 0.481 e. The molecule has 0 aromatic heterocycles. The SMILES string of the molecule is N[C@H]([C]=O)CCCCNC(=O)COCCOCCNC(=O)CC[C@H](NC(=O)CCCCCCCCCCCCCCC(=O)O)C(=O)O. The standard InChI is InChI=1S/C33H59N4O10/c34-27(25-38)15-13-14-20-35-31(41)26-47-24-23-46-22-21-36-29(39)19-18-28(33(44)45)37-30(40)16-11-9-7-5-3-1-2-4-6-8-10-12-17-32(42)43/h27-28H,1-24,26,34H2,(H,35,41)(H,36,39)(H,37,40)(H,42,43)(H,44,45)/t27-,28-/m0/s1. The molecule has 0 aliphatic rings. The van der Waals surface area contributed by atoms with Crippen molar-refractivity contribution >= 4 is 35.9 Å². The number of nitrogens with two attached hydrogens (primary N) is 1. The predicted molar refractivity (Wildman–Crippen MR) is 176 cm³/mol. The van der Waals surface area contributed by atoms with Gasteiger partial charge in [0.1, 0.15) is 12.6 Å². The van der Waals surface area contributed by atoms with Gasteiger partial charge in [0.25, 0.3) is 0 Å². The fraction of sp³-hybridized carbons (Fsp3) is 0.818. The van der Waals surface area contributed by atoms with Crippen molar-refractivity contribution < 1.29 is 48.5 Å². The van der Waals surface area contributed by atoms with Gasteiger partial charge in [-0.15, -0.1) is 0 Å². The van der Waals surface area contributed by atoms with E-state index in [1.165, 1.54) is 19.3 Å². The molecule has 0 fully saturated rings. The zero-order valence-electron chi connectivity index (χ0n) is 28.1. The summed E-state index contributed by atoms with van der Waals surface area (Å²) >= 11 is 0. The number of hydrogen-bond donors (Lipinski definition) is 6. The minimum atomic E-state index is -1.18. The summed E-state index contributed by atoms with van der Waals surface area (Å²) in [6, 6.07) is -1.72. The van der Waals surface area contributed by atoms with Crippen LogP contribution in [0.5, 0.6) is 0 Å². The van der Waals surface area contributed by atoms with E-state index in [9.17, 15) is 33.9 Å². The molecule has 271 valence electrons. The Kier molecular flexibility index (Phi) is 29.4. The van der Waals surface area contributed by atoms with Crippen LogP contribution < -0.4 is 21.7 Å². The summed E-state index contributed by atoms with van der Waals surface area (Å²) in [5, 5.41) is 25.9. The molecule has 0 rings (SSSR count). The van der Waals surface area contributed by atoms with Gasteiger partial charge in [-0.3, -0.25) is 24.0 Å². The Hall–Kier alpha value is -3.10. The molecule has 3 amide bonds. The molecule has 0 unspecified atom stereocenters. The molecule has 14 nitrogen and oxygen atoms in total. The third-order valence-electron chi connectivity index (χ3n) is 7.43. The number of hydrogen-bond acceptors (Lipinski definition) is 9. The van der Waals surface area contributed by atoms with E-state index in [4.69, 9.17) is 20.3 Å². The summed E-state index contributed by atoms with van der Waals surface area (Å²) in [4.78, 5) is 68.4. The van der Waals surface area contributed by atoms with Crippen LogP contribution in [0.1, 0.15) is 122 Å². The lowest BCUT2D eigenvalue weighted by Crippen LogP contribution is -2.41. The summed E-state index contributed by atoms with van der Waals surface area (Å²) < 4.78 is 10.6. The molecule has 1 radical (unpaired) electrons. The average Bonchev–Trinajstić information content (AvgIpc) is 3.03. The van der Waals surface area contributed by atoms with Crippen LogP contribution in [0.3, 0.4) is 0 Å². The quantitative estimate of drug-likeness (QED) is 0.0546. The highest BCUT2D eigenvalue weighted by Crippen LogP contribution is 2.13. The number of ether oxygens (including phenoxy) is 2. The average molecular weight is 672 g/mol. The number of carbonyl (C=O) groups is 5. The number of unbranched alkanes of at least 4 members (excludes halogenated alkanes) is 12. The van der Waals surface area contributed by atoms with Crippen molar-refractivity contribution in [1.29, 1.82) is 0 Å². The minimum Gasteiger partial charge on any atom is -0.481 e. The number of carboxylic acids is 2. The molecule has 0 aliphatic carbocycles. The third-order valence-corrected chi connectivity index (χ3v) is 7.43. The van der Waals surface area contributed by atoms with Crippen LogP contribution in [0.4, 0.5) is 0 Å². The second-order valence-electron chi connectivity index (χ2n) is 11.7. The van der Waals surface area contributed by atoms with E-state index in [0.29, 0.717) is 32.2 Å². The first-order valence-electron chi connectivity index (χ1n) is 17.2. The molecule has 0 bridgehead atoms. The molecule has 0 spiro atoms. The Labute approximate surface area is 279 Å². The van der Waals surface area contributed by atoms with Gasteiger partial charge >= 0.3 is 11.9 Å². The molecule has 0 aromatic carbocycles. The maximum absolute atomic E-state index is 12.2. The van der Waals surface area contributed by atoms with E-state index in [0.717, 1.165) is 51.4 Å². The molecular formula is C33H59N4O10. The minimum absolute atomic E-state index is 0.0170. The van der Waals surface area contributed by atoms with Gasteiger partial charge in [0.15, 0.2) is 0 Å². The number of carbonyl (C=O) groups excluding carboxylic acids is 4.